The molecule has 0 aliphatic carbocycles. The molecule has 0 spiro atoms. The van der Waals surface area contributed by atoms with E-state index in [0.29, 0.717) is 11.6 Å². The summed E-state index contributed by atoms with van der Waals surface area (Å²) in [6.45, 7) is 10.1. The van der Waals surface area contributed by atoms with Crippen LogP contribution in [-0.2, 0) is 13.0 Å². The lowest BCUT2D eigenvalue weighted by Gasteiger charge is -2.09. The molecule has 114 valence electrons. The van der Waals surface area contributed by atoms with Crippen molar-refractivity contribution in [2.45, 2.75) is 47.1 Å². The van der Waals surface area contributed by atoms with E-state index in [1.54, 1.807) is 0 Å². The third-order valence-corrected chi connectivity index (χ3v) is 3.98. The molecule has 0 fully saturated rings. The van der Waals surface area contributed by atoms with E-state index in [0.717, 1.165) is 42.3 Å². The van der Waals surface area contributed by atoms with E-state index in [9.17, 15) is 0 Å². The number of pyridine rings is 1. The normalized spacial score (nSPS) is 11.1. The van der Waals surface area contributed by atoms with E-state index < -0.39 is 0 Å². The number of nitrogens with zero attached hydrogens (tertiary/aromatic N) is 3. The standard InChI is InChI=1S/C16H23ClN4/c1-5-9-18-10-15-14(17)7-8-16(19-15)21-12(4)13(6-2)11(3)20-21/h7-8,18H,5-6,9-10H2,1-4H3. The summed E-state index contributed by atoms with van der Waals surface area (Å²) in [5.74, 6) is 0.827. The number of hydrogen-bond donors (Lipinski definition) is 1. The first-order valence-corrected chi connectivity index (χ1v) is 7.87. The van der Waals surface area contributed by atoms with Crippen molar-refractivity contribution in [3.05, 3.63) is 39.8 Å². The van der Waals surface area contributed by atoms with Crippen LogP contribution in [0.4, 0.5) is 0 Å². The monoisotopic (exact) mass is 306 g/mol. The molecular formula is C16H23ClN4. The maximum Gasteiger partial charge on any atom is 0.154 e. The first kappa shape index (κ1) is 16.0. The average Bonchev–Trinajstić information content (AvgIpc) is 2.76. The number of rotatable bonds is 6. The van der Waals surface area contributed by atoms with Crippen molar-refractivity contribution in [3.63, 3.8) is 0 Å². The van der Waals surface area contributed by atoms with Crippen LogP contribution in [0.2, 0.25) is 5.02 Å². The SMILES string of the molecule is CCCNCc1nc(-n2nc(C)c(CC)c2C)ccc1Cl. The van der Waals surface area contributed by atoms with Crippen molar-refractivity contribution < 1.29 is 0 Å². The zero-order valence-electron chi connectivity index (χ0n) is 13.2. The van der Waals surface area contributed by atoms with E-state index >= 15 is 0 Å². The van der Waals surface area contributed by atoms with E-state index in [4.69, 9.17) is 11.6 Å². The maximum atomic E-state index is 6.23. The minimum absolute atomic E-state index is 0.681. The number of nitrogens with one attached hydrogen (secondary N) is 1. The molecule has 4 nitrogen and oxygen atoms in total. The predicted octanol–water partition coefficient (Wildman–Crippen LogP) is 3.60. The zero-order valence-corrected chi connectivity index (χ0v) is 14.0. The quantitative estimate of drug-likeness (QED) is 0.829. The van der Waals surface area contributed by atoms with Gasteiger partial charge in [-0.15, -0.1) is 0 Å². The lowest BCUT2D eigenvalue weighted by atomic mass is 10.1. The van der Waals surface area contributed by atoms with Crippen LogP contribution in [0.25, 0.3) is 5.82 Å². The maximum absolute atomic E-state index is 6.23. The van der Waals surface area contributed by atoms with Crippen LogP contribution in [-0.4, -0.2) is 21.3 Å². The highest BCUT2D eigenvalue weighted by atomic mass is 35.5. The van der Waals surface area contributed by atoms with E-state index in [1.807, 2.05) is 23.7 Å². The molecular weight excluding hydrogens is 284 g/mol. The fourth-order valence-corrected chi connectivity index (χ4v) is 2.68. The second-order valence-corrected chi connectivity index (χ2v) is 5.60. The first-order valence-electron chi connectivity index (χ1n) is 7.50. The van der Waals surface area contributed by atoms with Gasteiger partial charge >= 0.3 is 0 Å². The van der Waals surface area contributed by atoms with Crippen LogP contribution in [0.5, 0.6) is 0 Å². The number of aryl methyl sites for hydroxylation is 1. The van der Waals surface area contributed by atoms with Crippen LogP contribution in [0.1, 0.15) is 42.9 Å². The molecule has 2 aromatic rings. The van der Waals surface area contributed by atoms with Crippen molar-refractivity contribution >= 4 is 11.6 Å². The molecule has 0 aromatic carbocycles. The molecule has 1 N–H and O–H groups in total. The molecule has 0 radical (unpaired) electrons. The third kappa shape index (κ3) is 3.44. The molecule has 0 aliphatic rings. The van der Waals surface area contributed by atoms with E-state index in [2.05, 4.69) is 36.2 Å². The smallest absolute Gasteiger partial charge is 0.154 e. The molecule has 5 heteroatoms. The molecule has 0 amide bonds. The summed E-state index contributed by atoms with van der Waals surface area (Å²) in [5.41, 5.74) is 4.38. The fraction of sp³-hybridized carbons (Fsp3) is 0.500. The number of aromatic nitrogens is 3. The minimum atomic E-state index is 0.681. The largest absolute Gasteiger partial charge is 0.311 e. The molecule has 0 aliphatic heterocycles. The van der Waals surface area contributed by atoms with Gasteiger partial charge in [0.05, 0.1) is 16.4 Å². The van der Waals surface area contributed by atoms with Crippen LogP contribution < -0.4 is 5.32 Å². The fourth-order valence-electron chi connectivity index (χ4n) is 2.51. The molecule has 0 saturated heterocycles. The van der Waals surface area contributed by atoms with Crippen molar-refractivity contribution in [2.24, 2.45) is 0 Å². The highest BCUT2D eigenvalue weighted by molar-refractivity contribution is 6.31. The predicted molar refractivity (Wildman–Crippen MR) is 87.2 cm³/mol. The van der Waals surface area contributed by atoms with E-state index in [1.165, 1.54) is 5.56 Å². The van der Waals surface area contributed by atoms with Crippen LogP contribution in [0.15, 0.2) is 12.1 Å². The molecule has 21 heavy (non-hydrogen) atoms. The lowest BCUT2D eigenvalue weighted by molar-refractivity contribution is 0.660. The zero-order chi connectivity index (χ0) is 15.4. The Balaban J connectivity index is 2.34. The Labute approximate surface area is 131 Å². The number of halogens is 1. The first-order chi connectivity index (χ1) is 10.1. The molecule has 0 unspecified atom stereocenters. The highest BCUT2D eigenvalue weighted by Crippen LogP contribution is 2.20. The molecule has 2 aromatic heterocycles. The minimum Gasteiger partial charge on any atom is -0.311 e. The summed E-state index contributed by atoms with van der Waals surface area (Å²) in [6.07, 6.45) is 2.07. The van der Waals surface area contributed by atoms with Crippen LogP contribution in [0.3, 0.4) is 0 Å². The Hall–Kier alpha value is -1.39. The van der Waals surface area contributed by atoms with Gasteiger partial charge in [0.15, 0.2) is 5.82 Å². The summed E-state index contributed by atoms with van der Waals surface area (Å²) in [5, 5.41) is 8.64. The number of hydrogen-bond acceptors (Lipinski definition) is 3. The molecule has 0 bridgehead atoms. The summed E-state index contributed by atoms with van der Waals surface area (Å²) < 4.78 is 1.91. The lowest BCUT2D eigenvalue weighted by Crippen LogP contribution is -2.16. The van der Waals surface area contributed by atoms with Gasteiger partial charge in [-0.3, -0.25) is 0 Å². The van der Waals surface area contributed by atoms with Crippen molar-refractivity contribution in [2.75, 3.05) is 6.54 Å². The Morgan fingerprint density at radius 3 is 2.62 bits per heavy atom. The van der Waals surface area contributed by atoms with Gasteiger partial charge in [0, 0.05) is 12.2 Å². The van der Waals surface area contributed by atoms with Crippen LogP contribution >= 0.6 is 11.6 Å². The summed E-state index contributed by atoms with van der Waals surface area (Å²) >= 11 is 6.23. The second kappa shape index (κ2) is 7.05. The van der Waals surface area contributed by atoms with Gasteiger partial charge in [-0.2, -0.15) is 5.10 Å². The Morgan fingerprint density at radius 2 is 2.00 bits per heavy atom. The van der Waals surface area contributed by atoms with Gasteiger partial charge < -0.3 is 5.32 Å². The molecule has 2 heterocycles. The summed E-state index contributed by atoms with van der Waals surface area (Å²) in [6, 6.07) is 3.82. The van der Waals surface area contributed by atoms with Crippen molar-refractivity contribution in [1.29, 1.82) is 0 Å². The van der Waals surface area contributed by atoms with Gasteiger partial charge in [0.2, 0.25) is 0 Å². The van der Waals surface area contributed by atoms with Crippen molar-refractivity contribution in [3.8, 4) is 5.82 Å². The molecule has 2 rings (SSSR count). The second-order valence-electron chi connectivity index (χ2n) is 5.19. The van der Waals surface area contributed by atoms with Gasteiger partial charge in [-0.25, -0.2) is 9.67 Å². The highest BCUT2D eigenvalue weighted by Gasteiger charge is 2.13. The Morgan fingerprint density at radius 1 is 1.24 bits per heavy atom. The van der Waals surface area contributed by atoms with Gasteiger partial charge in [-0.05, 0) is 50.9 Å². The van der Waals surface area contributed by atoms with Crippen LogP contribution in [0, 0.1) is 13.8 Å². The Bertz CT molecular complexity index is 619. The molecule has 0 saturated carbocycles. The van der Waals surface area contributed by atoms with E-state index in [-0.39, 0.29) is 0 Å². The third-order valence-electron chi connectivity index (χ3n) is 3.63. The van der Waals surface area contributed by atoms with Gasteiger partial charge in [-0.1, -0.05) is 25.4 Å². The van der Waals surface area contributed by atoms with Gasteiger partial charge in [0.25, 0.3) is 0 Å². The summed E-state index contributed by atoms with van der Waals surface area (Å²) in [7, 11) is 0. The van der Waals surface area contributed by atoms with Gasteiger partial charge in [0.1, 0.15) is 0 Å². The molecule has 0 atom stereocenters. The summed E-state index contributed by atoms with van der Waals surface area (Å²) in [4.78, 5) is 4.67. The topological polar surface area (TPSA) is 42.7 Å². The Kier molecular flexibility index (Phi) is 5.37. The van der Waals surface area contributed by atoms with Crippen molar-refractivity contribution in [1.82, 2.24) is 20.1 Å². The average molecular weight is 307 g/mol.